The Morgan fingerprint density at radius 2 is 1.95 bits per heavy atom. The smallest absolute Gasteiger partial charge is 0.338 e. The number of hydrogen-bond acceptors (Lipinski definition) is 1. The van der Waals surface area contributed by atoms with Crippen molar-refractivity contribution >= 4 is 21.8 Å². The number of nitrogens with zero attached hydrogens (tertiary/aromatic N) is 1. The van der Waals surface area contributed by atoms with Crippen LogP contribution in [0.15, 0.2) is 16.6 Å². The number of hydrogen-bond donors (Lipinski definition) is 0. The minimum absolute atomic E-state index is 0.0301. The third-order valence-electron chi connectivity index (χ3n) is 2.96. The molecule has 0 atom stereocenters. The molecule has 2 nitrogen and oxygen atoms in total. The van der Waals surface area contributed by atoms with Crippen LogP contribution in [0, 0.1) is 11.7 Å². The zero-order valence-electron chi connectivity index (χ0n) is 9.89. The molecule has 1 heterocycles. The summed E-state index contributed by atoms with van der Waals surface area (Å²) in [7, 11) is 0. The number of rotatable bonds is 1. The van der Waals surface area contributed by atoms with Crippen LogP contribution < -0.4 is 0 Å². The molecule has 0 bridgehead atoms. The molecule has 1 amide bonds. The lowest BCUT2D eigenvalue weighted by Crippen LogP contribution is -2.49. The van der Waals surface area contributed by atoms with Crippen molar-refractivity contribution in [2.75, 3.05) is 13.1 Å². The molecule has 0 N–H and O–H groups in total. The van der Waals surface area contributed by atoms with E-state index in [4.69, 9.17) is 0 Å². The fraction of sp³-hybridized carbons (Fsp3) is 0.417. The van der Waals surface area contributed by atoms with Crippen LogP contribution >= 0.6 is 15.9 Å². The van der Waals surface area contributed by atoms with Crippen LogP contribution in [0.3, 0.4) is 0 Å². The van der Waals surface area contributed by atoms with Gasteiger partial charge in [-0.05, 0) is 34.0 Å². The maximum absolute atomic E-state index is 13.9. The molecular weight excluding hydrogens is 330 g/mol. The standard InChI is InChI=1S/C12H10BrF4NO/c1-6-4-18(5-6)11(19)9-8(13)3-2-7(10(9)14)12(15,16)17/h2-3,6H,4-5H2,1H3. The van der Waals surface area contributed by atoms with E-state index in [1.807, 2.05) is 6.92 Å². The van der Waals surface area contributed by atoms with E-state index in [1.54, 1.807) is 0 Å². The van der Waals surface area contributed by atoms with Crippen molar-refractivity contribution in [3.8, 4) is 0 Å². The van der Waals surface area contributed by atoms with Crippen LogP contribution in [0.2, 0.25) is 0 Å². The molecule has 1 aliphatic heterocycles. The number of halogens is 5. The Labute approximate surface area is 115 Å². The normalized spacial score (nSPS) is 16.4. The maximum Gasteiger partial charge on any atom is 0.419 e. The Morgan fingerprint density at radius 3 is 2.42 bits per heavy atom. The largest absolute Gasteiger partial charge is 0.419 e. The Morgan fingerprint density at radius 1 is 1.37 bits per heavy atom. The average molecular weight is 340 g/mol. The number of carbonyl (C=O) groups is 1. The Bertz CT molecular complexity index is 523. The molecule has 1 aliphatic rings. The molecule has 1 fully saturated rings. The van der Waals surface area contributed by atoms with Gasteiger partial charge in [-0.2, -0.15) is 13.2 Å². The van der Waals surface area contributed by atoms with Crippen LogP contribution in [0.5, 0.6) is 0 Å². The molecule has 1 saturated heterocycles. The maximum atomic E-state index is 13.9. The summed E-state index contributed by atoms with van der Waals surface area (Å²) >= 11 is 2.93. The molecule has 0 unspecified atom stereocenters. The van der Waals surface area contributed by atoms with E-state index in [1.165, 1.54) is 4.90 Å². The van der Waals surface area contributed by atoms with Gasteiger partial charge in [0.2, 0.25) is 0 Å². The molecule has 0 radical (unpaired) electrons. The van der Waals surface area contributed by atoms with Crippen molar-refractivity contribution in [1.29, 1.82) is 0 Å². The Balaban J connectivity index is 2.42. The van der Waals surface area contributed by atoms with Crippen molar-refractivity contribution < 1.29 is 22.4 Å². The van der Waals surface area contributed by atoms with Crippen molar-refractivity contribution in [3.63, 3.8) is 0 Å². The van der Waals surface area contributed by atoms with E-state index in [0.717, 1.165) is 6.07 Å². The minimum atomic E-state index is -4.82. The highest BCUT2D eigenvalue weighted by molar-refractivity contribution is 9.10. The van der Waals surface area contributed by atoms with Crippen LogP contribution in [-0.4, -0.2) is 23.9 Å². The van der Waals surface area contributed by atoms with Gasteiger partial charge >= 0.3 is 6.18 Å². The van der Waals surface area contributed by atoms with Gasteiger partial charge in [-0.1, -0.05) is 6.92 Å². The predicted octanol–water partition coefficient (Wildman–Crippen LogP) is 3.70. The van der Waals surface area contributed by atoms with E-state index in [0.29, 0.717) is 19.2 Å². The van der Waals surface area contributed by atoms with Crippen molar-refractivity contribution in [2.45, 2.75) is 13.1 Å². The summed E-state index contributed by atoms with van der Waals surface area (Å²) in [6.07, 6.45) is -4.82. The fourth-order valence-electron chi connectivity index (χ4n) is 1.99. The van der Waals surface area contributed by atoms with Gasteiger partial charge in [-0.25, -0.2) is 4.39 Å². The van der Waals surface area contributed by atoms with Crippen molar-refractivity contribution in [3.05, 3.63) is 33.5 Å². The van der Waals surface area contributed by atoms with Crippen molar-refractivity contribution in [2.24, 2.45) is 5.92 Å². The zero-order chi connectivity index (χ0) is 14.4. The van der Waals surface area contributed by atoms with Crippen LogP contribution in [0.25, 0.3) is 0 Å². The summed E-state index contributed by atoms with van der Waals surface area (Å²) in [6, 6.07) is 1.66. The first-order chi connectivity index (χ1) is 8.71. The summed E-state index contributed by atoms with van der Waals surface area (Å²) in [5, 5.41) is 0. The first kappa shape index (κ1) is 14.3. The van der Waals surface area contributed by atoms with E-state index < -0.39 is 29.0 Å². The van der Waals surface area contributed by atoms with E-state index in [-0.39, 0.29) is 10.4 Å². The molecule has 19 heavy (non-hydrogen) atoms. The molecule has 1 aromatic carbocycles. The Hall–Kier alpha value is -1.11. The Kier molecular flexibility index (Phi) is 3.59. The average Bonchev–Trinajstić information content (AvgIpc) is 2.22. The van der Waals surface area contributed by atoms with Gasteiger partial charge in [0.05, 0.1) is 11.1 Å². The zero-order valence-corrected chi connectivity index (χ0v) is 11.5. The summed E-state index contributed by atoms with van der Waals surface area (Å²) in [6.45, 7) is 2.77. The van der Waals surface area contributed by atoms with Crippen LogP contribution in [0.1, 0.15) is 22.8 Å². The second-order valence-corrected chi connectivity index (χ2v) is 5.45. The second-order valence-electron chi connectivity index (χ2n) is 4.60. The van der Waals surface area contributed by atoms with Gasteiger partial charge in [0.25, 0.3) is 5.91 Å². The molecule has 0 aromatic heterocycles. The van der Waals surface area contributed by atoms with E-state index in [2.05, 4.69) is 15.9 Å². The molecule has 1 aromatic rings. The highest BCUT2D eigenvalue weighted by Crippen LogP contribution is 2.35. The molecule has 104 valence electrons. The molecule has 7 heteroatoms. The van der Waals surface area contributed by atoms with Crippen LogP contribution in [0.4, 0.5) is 17.6 Å². The lowest BCUT2D eigenvalue weighted by molar-refractivity contribution is -0.140. The number of carbonyl (C=O) groups excluding carboxylic acids is 1. The summed E-state index contributed by atoms with van der Waals surface area (Å²) in [5.41, 5.74) is -1.98. The number of alkyl halides is 3. The molecule has 2 rings (SSSR count). The lowest BCUT2D eigenvalue weighted by Gasteiger charge is -2.37. The third kappa shape index (κ3) is 2.61. The molecule has 0 spiro atoms. The van der Waals surface area contributed by atoms with Gasteiger partial charge in [0.15, 0.2) is 0 Å². The topological polar surface area (TPSA) is 20.3 Å². The summed E-state index contributed by atoms with van der Waals surface area (Å²) in [4.78, 5) is 13.3. The summed E-state index contributed by atoms with van der Waals surface area (Å²) in [5.74, 6) is -1.95. The van der Waals surface area contributed by atoms with Gasteiger partial charge in [0.1, 0.15) is 5.82 Å². The van der Waals surface area contributed by atoms with Crippen molar-refractivity contribution in [1.82, 2.24) is 4.90 Å². The SMILES string of the molecule is CC1CN(C(=O)c2c(Br)ccc(C(F)(F)F)c2F)C1. The van der Waals surface area contributed by atoms with Crippen LogP contribution in [-0.2, 0) is 6.18 Å². The highest BCUT2D eigenvalue weighted by Gasteiger charge is 2.38. The summed E-state index contributed by atoms with van der Waals surface area (Å²) < 4.78 is 51.7. The van der Waals surface area contributed by atoms with Gasteiger partial charge < -0.3 is 4.90 Å². The fourth-order valence-corrected chi connectivity index (χ4v) is 2.47. The molecule has 0 aliphatic carbocycles. The highest BCUT2D eigenvalue weighted by atomic mass is 79.9. The minimum Gasteiger partial charge on any atom is -0.338 e. The van der Waals surface area contributed by atoms with Gasteiger partial charge in [0, 0.05) is 17.6 Å². The first-order valence-electron chi connectivity index (χ1n) is 5.56. The van der Waals surface area contributed by atoms with Gasteiger partial charge in [-0.15, -0.1) is 0 Å². The molecular formula is C12H10BrF4NO. The van der Waals surface area contributed by atoms with Gasteiger partial charge in [-0.3, -0.25) is 4.79 Å². The number of likely N-dealkylation sites (tertiary alicyclic amines) is 1. The predicted molar refractivity (Wildman–Crippen MR) is 64.2 cm³/mol. The lowest BCUT2D eigenvalue weighted by atomic mass is 10.00. The third-order valence-corrected chi connectivity index (χ3v) is 3.62. The number of amides is 1. The van der Waals surface area contributed by atoms with E-state index in [9.17, 15) is 22.4 Å². The molecule has 0 saturated carbocycles. The number of benzene rings is 1. The quantitative estimate of drug-likeness (QED) is 0.714. The second kappa shape index (κ2) is 4.77. The monoisotopic (exact) mass is 339 g/mol. The first-order valence-corrected chi connectivity index (χ1v) is 6.35. The van der Waals surface area contributed by atoms with E-state index >= 15 is 0 Å².